The summed E-state index contributed by atoms with van der Waals surface area (Å²) in [5, 5.41) is 15.4. The van der Waals surface area contributed by atoms with Gasteiger partial charge in [-0.1, -0.05) is 24.6 Å². The number of tetrazole rings is 1. The molecule has 8 heteroatoms. The van der Waals surface area contributed by atoms with Crippen molar-refractivity contribution in [1.29, 1.82) is 0 Å². The van der Waals surface area contributed by atoms with Crippen LogP contribution in [0.1, 0.15) is 38.6 Å². The number of thioether (sulfide) groups is 1. The van der Waals surface area contributed by atoms with E-state index in [4.69, 9.17) is 4.74 Å². The molecule has 20 heavy (non-hydrogen) atoms. The number of aromatic nitrogens is 4. The largest absolute Gasteiger partial charge is 0.383 e. The maximum atomic E-state index is 11.8. The summed E-state index contributed by atoms with van der Waals surface area (Å²) < 4.78 is 6.85. The number of methoxy groups -OCH3 is 1. The van der Waals surface area contributed by atoms with Crippen molar-refractivity contribution in [2.24, 2.45) is 0 Å². The van der Waals surface area contributed by atoms with Gasteiger partial charge in [-0.15, -0.1) is 5.10 Å². The first-order chi connectivity index (χ1) is 9.70. The first kappa shape index (κ1) is 15.2. The van der Waals surface area contributed by atoms with Crippen molar-refractivity contribution in [3.8, 4) is 0 Å². The van der Waals surface area contributed by atoms with Gasteiger partial charge in [0.2, 0.25) is 11.1 Å². The summed E-state index contributed by atoms with van der Waals surface area (Å²) in [6.45, 7) is 2.42. The molecule has 0 radical (unpaired) electrons. The summed E-state index contributed by atoms with van der Waals surface area (Å²) >= 11 is 1.38. The van der Waals surface area contributed by atoms with E-state index in [1.165, 1.54) is 24.6 Å². The molecule has 1 aromatic heterocycles. The molecular weight excluding hydrogens is 278 g/mol. The van der Waals surface area contributed by atoms with Crippen molar-refractivity contribution in [3.05, 3.63) is 0 Å². The third-order valence-electron chi connectivity index (χ3n) is 3.29. The number of hydrogen-bond donors (Lipinski definition) is 1. The lowest BCUT2D eigenvalue weighted by atomic mass is 10.3. The lowest BCUT2D eigenvalue weighted by Crippen LogP contribution is -2.36. The Hall–Kier alpha value is -1.15. The predicted molar refractivity (Wildman–Crippen MR) is 75.5 cm³/mol. The average Bonchev–Trinajstić information content (AvgIpc) is 3.07. The molecule has 1 unspecified atom stereocenters. The van der Waals surface area contributed by atoms with Gasteiger partial charge in [0.1, 0.15) is 0 Å². The maximum absolute atomic E-state index is 11.8. The van der Waals surface area contributed by atoms with E-state index in [-0.39, 0.29) is 11.9 Å². The third kappa shape index (κ3) is 4.17. The van der Waals surface area contributed by atoms with Crippen LogP contribution in [0.15, 0.2) is 5.16 Å². The third-order valence-corrected chi connectivity index (χ3v) is 4.22. The normalized spacial score (nSPS) is 17.3. The van der Waals surface area contributed by atoms with E-state index in [1.54, 1.807) is 7.11 Å². The van der Waals surface area contributed by atoms with Crippen LogP contribution in [-0.4, -0.2) is 51.6 Å². The smallest absolute Gasteiger partial charge is 0.230 e. The number of nitrogens with one attached hydrogen (secondary N) is 1. The van der Waals surface area contributed by atoms with Crippen LogP contribution in [0, 0.1) is 0 Å². The van der Waals surface area contributed by atoms with E-state index in [1.807, 2.05) is 11.6 Å². The summed E-state index contributed by atoms with van der Waals surface area (Å²) in [7, 11) is 1.62. The minimum absolute atomic E-state index is 0.0129. The highest BCUT2D eigenvalue weighted by atomic mass is 32.2. The minimum Gasteiger partial charge on any atom is -0.383 e. The SMILES string of the molecule is COCC(C)NC(=O)CSc1nnnn1C1CCCC1. The summed E-state index contributed by atoms with van der Waals surface area (Å²) in [6, 6.07) is 0.405. The molecule has 1 saturated carbocycles. The molecule has 112 valence electrons. The molecule has 0 spiro atoms. The van der Waals surface area contributed by atoms with Gasteiger partial charge in [-0.3, -0.25) is 4.79 Å². The van der Waals surface area contributed by atoms with Gasteiger partial charge in [0.05, 0.1) is 18.4 Å². The molecule has 1 aromatic rings. The second-order valence-electron chi connectivity index (χ2n) is 5.06. The molecule has 7 nitrogen and oxygen atoms in total. The highest BCUT2D eigenvalue weighted by Crippen LogP contribution is 2.31. The van der Waals surface area contributed by atoms with E-state index in [9.17, 15) is 4.79 Å². The van der Waals surface area contributed by atoms with Gasteiger partial charge in [0, 0.05) is 13.2 Å². The van der Waals surface area contributed by atoms with Gasteiger partial charge in [-0.05, 0) is 30.2 Å². The fourth-order valence-electron chi connectivity index (χ4n) is 2.40. The van der Waals surface area contributed by atoms with E-state index >= 15 is 0 Å². The molecular formula is C12H21N5O2S. The Morgan fingerprint density at radius 3 is 3.00 bits per heavy atom. The van der Waals surface area contributed by atoms with Crippen LogP contribution in [0.2, 0.25) is 0 Å². The van der Waals surface area contributed by atoms with E-state index in [0.717, 1.165) is 18.0 Å². The van der Waals surface area contributed by atoms with Gasteiger partial charge < -0.3 is 10.1 Å². The molecule has 0 saturated heterocycles. The van der Waals surface area contributed by atoms with Crippen molar-refractivity contribution < 1.29 is 9.53 Å². The lowest BCUT2D eigenvalue weighted by Gasteiger charge is -2.13. The zero-order valence-electron chi connectivity index (χ0n) is 11.9. The first-order valence-corrected chi connectivity index (χ1v) is 7.88. The van der Waals surface area contributed by atoms with Crippen LogP contribution < -0.4 is 5.32 Å². The molecule has 1 fully saturated rings. The Balaban J connectivity index is 1.82. The topological polar surface area (TPSA) is 81.9 Å². The van der Waals surface area contributed by atoms with Crippen LogP contribution >= 0.6 is 11.8 Å². The van der Waals surface area contributed by atoms with Crippen molar-refractivity contribution in [1.82, 2.24) is 25.5 Å². The fraction of sp³-hybridized carbons (Fsp3) is 0.833. The van der Waals surface area contributed by atoms with Crippen LogP contribution in [-0.2, 0) is 9.53 Å². The summed E-state index contributed by atoms with van der Waals surface area (Å²) in [4.78, 5) is 11.8. The second kappa shape index (κ2) is 7.58. The Bertz CT molecular complexity index is 433. The average molecular weight is 299 g/mol. The molecule has 1 heterocycles. The Labute approximate surface area is 122 Å². The number of carbonyl (C=O) groups excluding carboxylic acids is 1. The molecule has 1 atom stereocenters. The quantitative estimate of drug-likeness (QED) is 0.757. The van der Waals surface area contributed by atoms with Crippen LogP contribution in [0.5, 0.6) is 0 Å². The van der Waals surface area contributed by atoms with Crippen molar-refractivity contribution in [3.63, 3.8) is 0 Å². The van der Waals surface area contributed by atoms with Crippen molar-refractivity contribution in [2.45, 2.75) is 49.8 Å². The number of nitrogens with zero attached hydrogens (tertiary/aromatic N) is 4. The Kier molecular flexibility index (Phi) is 5.78. The number of rotatable bonds is 7. The Morgan fingerprint density at radius 2 is 2.30 bits per heavy atom. The number of ether oxygens (including phenoxy) is 1. The van der Waals surface area contributed by atoms with Gasteiger partial charge in [0.25, 0.3) is 0 Å². The van der Waals surface area contributed by atoms with E-state index in [0.29, 0.717) is 18.4 Å². The standard InChI is InChI=1S/C12H21N5O2S/c1-9(7-19-2)13-11(18)8-20-12-14-15-16-17(12)10-5-3-4-6-10/h9-10H,3-8H2,1-2H3,(H,13,18). The van der Waals surface area contributed by atoms with Gasteiger partial charge in [-0.25, -0.2) is 4.68 Å². The van der Waals surface area contributed by atoms with Crippen molar-refractivity contribution in [2.75, 3.05) is 19.5 Å². The molecule has 0 aromatic carbocycles. The zero-order chi connectivity index (χ0) is 14.4. The molecule has 0 bridgehead atoms. The van der Waals surface area contributed by atoms with Gasteiger partial charge in [0.15, 0.2) is 0 Å². The Morgan fingerprint density at radius 1 is 1.55 bits per heavy atom. The molecule has 1 amide bonds. The molecule has 2 rings (SSSR count). The predicted octanol–water partition coefficient (Wildman–Crippen LogP) is 1.03. The zero-order valence-corrected chi connectivity index (χ0v) is 12.7. The number of hydrogen-bond acceptors (Lipinski definition) is 6. The molecule has 0 aliphatic heterocycles. The summed E-state index contributed by atoms with van der Waals surface area (Å²) in [5.41, 5.74) is 0. The van der Waals surface area contributed by atoms with Crippen LogP contribution in [0.25, 0.3) is 0 Å². The van der Waals surface area contributed by atoms with E-state index in [2.05, 4.69) is 20.8 Å². The summed E-state index contributed by atoms with van der Waals surface area (Å²) in [6.07, 6.45) is 4.69. The number of amides is 1. The van der Waals surface area contributed by atoms with Crippen LogP contribution in [0.4, 0.5) is 0 Å². The lowest BCUT2D eigenvalue weighted by molar-refractivity contribution is -0.119. The molecule has 1 aliphatic rings. The number of carbonyl (C=O) groups is 1. The highest BCUT2D eigenvalue weighted by Gasteiger charge is 2.22. The highest BCUT2D eigenvalue weighted by molar-refractivity contribution is 7.99. The summed E-state index contributed by atoms with van der Waals surface area (Å²) in [5.74, 6) is 0.293. The maximum Gasteiger partial charge on any atom is 0.230 e. The molecule has 1 N–H and O–H groups in total. The van der Waals surface area contributed by atoms with Gasteiger partial charge in [-0.2, -0.15) is 0 Å². The second-order valence-corrected chi connectivity index (χ2v) is 6.00. The van der Waals surface area contributed by atoms with E-state index < -0.39 is 0 Å². The van der Waals surface area contributed by atoms with Gasteiger partial charge >= 0.3 is 0 Å². The van der Waals surface area contributed by atoms with Crippen LogP contribution in [0.3, 0.4) is 0 Å². The molecule has 1 aliphatic carbocycles. The first-order valence-electron chi connectivity index (χ1n) is 6.89. The van der Waals surface area contributed by atoms with Crippen molar-refractivity contribution >= 4 is 17.7 Å². The fourth-order valence-corrected chi connectivity index (χ4v) is 3.15. The minimum atomic E-state index is -0.0273. The monoisotopic (exact) mass is 299 g/mol.